The standard InChI is InChI=1S/C17H20N2OS/c20-17(12-16-7-4-10-21-16)19-9-3-5-14(13-19)11-15-6-1-2-8-18-15/h1-2,4,6-8,10,14H,3,5,9,11-13H2/t14-/m0/s1. The van der Waals surface area contributed by atoms with E-state index in [1.54, 1.807) is 11.3 Å². The quantitative estimate of drug-likeness (QED) is 0.869. The second-order valence-electron chi connectivity index (χ2n) is 5.63. The molecule has 0 unspecified atom stereocenters. The van der Waals surface area contributed by atoms with Gasteiger partial charge >= 0.3 is 0 Å². The number of aromatic nitrogens is 1. The van der Waals surface area contributed by atoms with Crippen LogP contribution in [0.15, 0.2) is 41.9 Å². The van der Waals surface area contributed by atoms with E-state index in [1.165, 1.54) is 6.42 Å². The van der Waals surface area contributed by atoms with Crippen LogP contribution in [0.1, 0.15) is 23.4 Å². The molecular weight excluding hydrogens is 280 g/mol. The van der Waals surface area contributed by atoms with Crippen molar-refractivity contribution in [1.29, 1.82) is 0 Å². The van der Waals surface area contributed by atoms with E-state index < -0.39 is 0 Å². The van der Waals surface area contributed by atoms with E-state index in [4.69, 9.17) is 0 Å². The topological polar surface area (TPSA) is 33.2 Å². The van der Waals surface area contributed by atoms with Gasteiger partial charge in [-0.15, -0.1) is 11.3 Å². The predicted molar refractivity (Wildman–Crippen MR) is 85.3 cm³/mol. The Balaban J connectivity index is 1.56. The Morgan fingerprint density at radius 2 is 2.29 bits per heavy atom. The van der Waals surface area contributed by atoms with E-state index in [-0.39, 0.29) is 5.91 Å². The summed E-state index contributed by atoms with van der Waals surface area (Å²) in [5.74, 6) is 0.809. The van der Waals surface area contributed by atoms with Crippen LogP contribution in [0.2, 0.25) is 0 Å². The van der Waals surface area contributed by atoms with Crippen molar-refractivity contribution in [3.05, 3.63) is 52.5 Å². The van der Waals surface area contributed by atoms with Crippen molar-refractivity contribution in [3.63, 3.8) is 0 Å². The van der Waals surface area contributed by atoms with Crippen LogP contribution in [0, 0.1) is 5.92 Å². The molecule has 3 heterocycles. The van der Waals surface area contributed by atoms with Gasteiger partial charge in [0.2, 0.25) is 5.91 Å². The van der Waals surface area contributed by atoms with E-state index in [0.29, 0.717) is 12.3 Å². The number of nitrogens with zero attached hydrogens (tertiary/aromatic N) is 2. The SMILES string of the molecule is O=C(Cc1cccs1)N1CCC[C@@H](Cc2ccccn2)C1. The van der Waals surface area contributed by atoms with Crippen LogP contribution in [-0.2, 0) is 17.6 Å². The highest BCUT2D eigenvalue weighted by atomic mass is 32.1. The van der Waals surface area contributed by atoms with Crippen LogP contribution in [-0.4, -0.2) is 28.9 Å². The molecule has 0 bridgehead atoms. The van der Waals surface area contributed by atoms with Crippen molar-refractivity contribution < 1.29 is 4.79 Å². The number of pyridine rings is 1. The molecule has 110 valence electrons. The van der Waals surface area contributed by atoms with Gasteiger partial charge in [0.05, 0.1) is 6.42 Å². The summed E-state index contributed by atoms with van der Waals surface area (Å²) in [6, 6.07) is 10.1. The third kappa shape index (κ3) is 3.91. The Kier molecular flexibility index (Phi) is 4.65. The van der Waals surface area contributed by atoms with Crippen molar-refractivity contribution >= 4 is 17.2 Å². The van der Waals surface area contributed by atoms with Gasteiger partial charge < -0.3 is 4.90 Å². The largest absolute Gasteiger partial charge is 0.342 e. The Hall–Kier alpha value is -1.68. The predicted octanol–water partition coefficient (Wildman–Crippen LogP) is 3.17. The summed E-state index contributed by atoms with van der Waals surface area (Å²) in [7, 11) is 0. The van der Waals surface area contributed by atoms with Gasteiger partial charge in [-0.1, -0.05) is 12.1 Å². The molecule has 21 heavy (non-hydrogen) atoms. The van der Waals surface area contributed by atoms with Gasteiger partial charge in [-0.25, -0.2) is 0 Å². The third-order valence-electron chi connectivity index (χ3n) is 4.00. The smallest absolute Gasteiger partial charge is 0.227 e. The van der Waals surface area contributed by atoms with Gasteiger partial charge in [0, 0.05) is 29.9 Å². The van der Waals surface area contributed by atoms with Crippen LogP contribution >= 0.6 is 11.3 Å². The molecule has 0 aromatic carbocycles. The lowest BCUT2D eigenvalue weighted by Crippen LogP contribution is -2.41. The van der Waals surface area contributed by atoms with E-state index in [9.17, 15) is 4.79 Å². The average molecular weight is 300 g/mol. The monoisotopic (exact) mass is 300 g/mol. The molecular formula is C17H20N2OS. The van der Waals surface area contributed by atoms with Crippen molar-refractivity contribution in [3.8, 4) is 0 Å². The van der Waals surface area contributed by atoms with Gasteiger partial charge in [-0.2, -0.15) is 0 Å². The Labute approximate surface area is 129 Å². The Morgan fingerprint density at radius 1 is 1.33 bits per heavy atom. The molecule has 4 heteroatoms. The van der Waals surface area contributed by atoms with Crippen molar-refractivity contribution in [2.24, 2.45) is 5.92 Å². The zero-order valence-corrected chi connectivity index (χ0v) is 12.9. The molecule has 2 aromatic rings. The first kappa shape index (κ1) is 14.3. The second kappa shape index (κ2) is 6.85. The molecule has 1 aliphatic rings. The fraction of sp³-hybridized carbons (Fsp3) is 0.412. The summed E-state index contributed by atoms with van der Waals surface area (Å²) in [4.78, 5) is 20.0. The summed E-state index contributed by atoms with van der Waals surface area (Å²) < 4.78 is 0. The third-order valence-corrected chi connectivity index (χ3v) is 4.88. The zero-order valence-electron chi connectivity index (χ0n) is 12.1. The van der Waals surface area contributed by atoms with Gasteiger partial charge in [-0.05, 0) is 48.8 Å². The van der Waals surface area contributed by atoms with Crippen molar-refractivity contribution in [2.45, 2.75) is 25.7 Å². The molecule has 0 spiro atoms. The van der Waals surface area contributed by atoms with E-state index in [1.807, 2.05) is 40.7 Å². The zero-order chi connectivity index (χ0) is 14.5. The van der Waals surface area contributed by atoms with Crippen molar-refractivity contribution in [1.82, 2.24) is 9.88 Å². The molecule has 0 radical (unpaired) electrons. The molecule has 1 aliphatic heterocycles. The minimum absolute atomic E-state index is 0.267. The first-order valence-electron chi connectivity index (χ1n) is 7.51. The first-order chi connectivity index (χ1) is 10.3. The molecule has 1 atom stereocenters. The minimum atomic E-state index is 0.267. The normalized spacial score (nSPS) is 18.7. The number of hydrogen-bond acceptors (Lipinski definition) is 3. The lowest BCUT2D eigenvalue weighted by atomic mass is 9.93. The highest BCUT2D eigenvalue weighted by Crippen LogP contribution is 2.21. The van der Waals surface area contributed by atoms with Gasteiger partial charge in [0.25, 0.3) is 0 Å². The number of thiophene rings is 1. The number of piperidine rings is 1. The molecule has 0 aliphatic carbocycles. The maximum absolute atomic E-state index is 12.4. The van der Waals surface area contributed by atoms with Crippen molar-refractivity contribution in [2.75, 3.05) is 13.1 Å². The van der Waals surface area contributed by atoms with Gasteiger partial charge in [-0.3, -0.25) is 9.78 Å². The number of carbonyl (C=O) groups is 1. The highest BCUT2D eigenvalue weighted by Gasteiger charge is 2.24. The van der Waals surface area contributed by atoms with E-state index in [0.717, 1.165) is 36.5 Å². The fourth-order valence-corrected chi connectivity index (χ4v) is 3.64. The lowest BCUT2D eigenvalue weighted by Gasteiger charge is -2.32. The number of carbonyl (C=O) groups excluding carboxylic acids is 1. The first-order valence-corrected chi connectivity index (χ1v) is 8.39. The molecule has 0 saturated carbocycles. The molecule has 1 fully saturated rings. The summed E-state index contributed by atoms with van der Waals surface area (Å²) in [6.07, 6.45) is 5.67. The summed E-state index contributed by atoms with van der Waals surface area (Å²) in [5.41, 5.74) is 1.13. The minimum Gasteiger partial charge on any atom is -0.342 e. The molecule has 3 rings (SSSR count). The van der Waals surface area contributed by atoms with E-state index in [2.05, 4.69) is 11.1 Å². The van der Waals surface area contributed by atoms with Crippen LogP contribution in [0.5, 0.6) is 0 Å². The van der Waals surface area contributed by atoms with Crippen LogP contribution in [0.25, 0.3) is 0 Å². The molecule has 1 amide bonds. The highest BCUT2D eigenvalue weighted by molar-refractivity contribution is 7.10. The molecule has 3 nitrogen and oxygen atoms in total. The molecule has 0 N–H and O–H groups in total. The summed E-state index contributed by atoms with van der Waals surface area (Å²) in [6.45, 7) is 1.78. The fourth-order valence-electron chi connectivity index (χ4n) is 2.95. The number of rotatable bonds is 4. The van der Waals surface area contributed by atoms with Gasteiger partial charge in [0.1, 0.15) is 0 Å². The molecule has 2 aromatic heterocycles. The maximum atomic E-state index is 12.4. The average Bonchev–Trinajstić information content (AvgIpc) is 3.01. The maximum Gasteiger partial charge on any atom is 0.227 e. The van der Waals surface area contributed by atoms with Crippen LogP contribution in [0.3, 0.4) is 0 Å². The number of hydrogen-bond donors (Lipinski definition) is 0. The summed E-state index contributed by atoms with van der Waals surface area (Å²) in [5, 5.41) is 2.03. The van der Waals surface area contributed by atoms with E-state index >= 15 is 0 Å². The number of likely N-dealkylation sites (tertiary alicyclic amines) is 1. The number of amides is 1. The molecule has 1 saturated heterocycles. The Morgan fingerprint density at radius 3 is 3.05 bits per heavy atom. The Bertz CT molecular complexity index is 568. The van der Waals surface area contributed by atoms with Crippen LogP contribution in [0.4, 0.5) is 0 Å². The lowest BCUT2D eigenvalue weighted by molar-refractivity contribution is -0.132. The van der Waals surface area contributed by atoms with Crippen LogP contribution < -0.4 is 0 Å². The summed E-state index contributed by atoms with van der Waals surface area (Å²) >= 11 is 1.66. The second-order valence-corrected chi connectivity index (χ2v) is 6.66. The van der Waals surface area contributed by atoms with Gasteiger partial charge in [0.15, 0.2) is 0 Å².